The molecule has 10 nitrogen and oxygen atoms in total. The molecule has 2 aromatic rings. The Balaban J connectivity index is 0.000000941. The van der Waals surface area contributed by atoms with Gasteiger partial charge in [-0.2, -0.15) is 0 Å². The number of ketones is 1. The molecule has 0 atom stereocenters. The number of aromatic nitrogens is 3. The molecule has 0 bridgehead atoms. The van der Waals surface area contributed by atoms with Crippen molar-refractivity contribution in [2.45, 2.75) is 39.3 Å². The summed E-state index contributed by atoms with van der Waals surface area (Å²) in [5, 5.41) is 2.49. The van der Waals surface area contributed by atoms with Crippen LogP contribution in [0.4, 0.5) is 5.82 Å². The van der Waals surface area contributed by atoms with E-state index < -0.39 is 11.2 Å². The molecule has 0 aliphatic carbocycles. The van der Waals surface area contributed by atoms with Crippen LogP contribution in [0.1, 0.15) is 41.6 Å². The summed E-state index contributed by atoms with van der Waals surface area (Å²) in [4.78, 5) is 52.9. The Morgan fingerprint density at radius 1 is 1.24 bits per heavy atom. The largest absolute Gasteiger partial charge is 0.384 e. The van der Waals surface area contributed by atoms with Gasteiger partial charge in [0.25, 0.3) is 5.56 Å². The van der Waals surface area contributed by atoms with Crippen LogP contribution in [0.5, 0.6) is 0 Å². The van der Waals surface area contributed by atoms with Crippen molar-refractivity contribution in [2.24, 2.45) is 5.73 Å². The van der Waals surface area contributed by atoms with E-state index in [1.165, 1.54) is 15.9 Å². The number of carbonyl (C=O) groups excluding carboxylic acids is 2. The SMILES string of the molecule is CCn1c(=O)c(C(=O)CN2CCCCC2)c(N)n(Cc2nccs2)c1=O.NC=O. The molecular weight excluding hydrogens is 396 g/mol. The number of likely N-dealkylation sites (tertiary alicyclic amines) is 1. The molecule has 3 rings (SSSR count). The number of thiazole rings is 1. The van der Waals surface area contributed by atoms with Crippen LogP contribution in [0.2, 0.25) is 0 Å². The zero-order valence-corrected chi connectivity index (χ0v) is 17.2. The van der Waals surface area contributed by atoms with Crippen LogP contribution in [0, 0.1) is 0 Å². The average Bonchev–Trinajstić information content (AvgIpc) is 3.20. The summed E-state index contributed by atoms with van der Waals surface area (Å²) >= 11 is 1.39. The third-order valence-electron chi connectivity index (χ3n) is 4.66. The predicted molar refractivity (Wildman–Crippen MR) is 111 cm³/mol. The molecule has 1 amide bonds. The second-order valence-corrected chi connectivity index (χ2v) is 7.48. The van der Waals surface area contributed by atoms with Gasteiger partial charge in [0.1, 0.15) is 16.4 Å². The molecule has 0 unspecified atom stereocenters. The van der Waals surface area contributed by atoms with Gasteiger partial charge >= 0.3 is 5.69 Å². The van der Waals surface area contributed by atoms with Crippen molar-refractivity contribution < 1.29 is 9.59 Å². The number of hydrogen-bond donors (Lipinski definition) is 2. The third-order valence-corrected chi connectivity index (χ3v) is 5.42. The number of amides is 1. The molecule has 3 heterocycles. The van der Waals surface area contributed by atoms with Gasteiger partial charge in [-0.1, -0.05) is 6.42 Å². The second-order valence-electron chi connectivity index (χ2n) is 6.50. The molecule has 1 aliphatic heterocycles. The number of Topliss-reactive ketones (excluding diaryl/α,β-unsaturated/α-hetero) is 1. The van der Waals surface area contributed by atoms with E-state index in [1.54, 1.807) is 18.5 Å². The highest BCUT2D eigenvalue weighted by Gasteiger charge is 2.24. The number of nitrogens with two attached hydrogens (primary N) is 2. The van der Waals surface area contributed by atoms with E-state index >= 15 is 0 Å². The van der Waals surface area contributed by atoms with Crippen LogP contribution < -0.4 is 22.7 Å². The van der Waals surface area contributed by atoms with Gasteiger partial charge in [0.2, 0.25) is 6.41 Å². The van der Waals surface area contributed by atoms with Gasteiger partial charge < -0.3 is 11.5 Å². The van der Waals surface area contributed by atoms with E-state index in [0.29, 0.717) is 5.01 Å². The van der Waals surface area contributed by atoms with Crippen molar-refractivity contribution in [1.29, 1.82) is 0 Å². The highest BCUT2D eigenvalue weighted by Crippen LogP contribution is 2.13. The molecule has 2 aromatic heterocycles. The van der Waals surface area contributed by atoms with E-state index in [4.69, 9.17) is 10.5 Å². The van der Waals surface area contributed by atoms with Crippen LogP contribution in [0.25, 0.3) is 0 Å². The topological polar surface area (TPSA) is 146 Å². The van der Waals surface area contributed by atoms with Crippen LogP contribution >= 0.6 is 11.3 Å². The summed E-state index contributed by atoms with van der Waals surface area (Å²) in [5.74, 6) is -0.397. The van der Waals surface area contributed by atoms with Gasteiger partial charge in [-0.3, -0.25) is 28.4 Å². The molecular formula is C18H26N6O4S. The van der Waals surface area contributed by atoms with Crippen molar-refractivity contribution in [3.8, 4) is 0 Å². The molecule has 4 N–H and O–H groups in total. The lowest BCUT2D eigenvalue weighted by Gasteiger charge is -2.25. The summed E-state index contributed by atoms with van der Waals surface area (Å²) in [6.45, 7) is 3.86. The van der Waals surface area contributed by atoms with Crippen LogP contribution in [-0.4, -0.2) is 50.8 Å². The molecule has 1 aliphatic rings. The summed E-state index contributed by atoms with van der Waals surface area (Å²) in [6.07, 6.45) is 5.14. The minimum Gasteiger partial charge on any atom is -0.384 e. The average molecular weight is 423 g/mol. The van der Waals surface area contributed by atoms with Crippen molar-refractivity contribution in [2.75, 3.05) is 25.4 Å². The number of nitrogen functional groups attached to an aromatic ring is 1. The van der Waals surface area contributed by atoms with E-state index in [2.05, 4.69) is 10.7 Å². The molecule has 0 spiro atoms. The summed E-state index contributed by atoms with van der Waals surface area (Å²) in [7, 11) is 0. The first-order chi connectivity index (χ1) is 13.9. The van der Waals surface area contributed by atoms with Crippen molar-refractivity contribution in [3.63, 3.8) is 0 Å². The number of primary amides is 1. The maximum absolute atomic E-state index is 12.8. The van der Waals surface area contributed by atoms with Crippen molar-refractivity contribution >= 4 is 29.3 Å². The quantitative estimate of drug-likeness (QED) is 0.487. The first kappa shape index (κ1) is 22.5. The predicted octanol–water partition coefficient (Wildman–Crippen LogP) is -0.113. The monoisotopic (exact) mass is 422 g/mol. The van der Waals surface area contributed by atoms with Gasteiger partial charge in [0, 0.05) is 18.1 Å². The maximum Gasteiger partial charge on any atom is 0.332 e. The molecule has 1 fully saturated rings. The second kappa shape index (κ2) is 10.7. The molecule has 0 saturated carbocycles. The summed E-state index contributed by atoms with van der Waals surface area (Å²) in [5.41, 5.74) is 9.08. The number of hydrogen-bond acceptors (Lipinski definition) is 8. The highest BCUT2D eigenvalue weighted by atomic mass is 32.1. The Morgan fingerprint density at radius 2 is 1.90 bits per heavy atom. The maximum atomic E-state index is 12.8. The Labute approximate surface area is 171 Å². The van der Waals surface area contributed by atoms with Gasteiger partial charge in [-0.25, -0.2) is 9.78 Å². The Bertz CT molecular complexity index is 944. The van der Waals surface area contributed by atoms with Crippen molar-refractivity contribution in [3.05, 3.63) is 43.0 Å². The fourth-order valence-electron chi connectivity index (χ4n) is 3.27. The number of carbonyl (C=O) groups is 2. The van der Waals surface area contributed by atoms with Crippen LogP contribution in [0.3, 0.4) is 0 Å². The third kappa shape index (κ3) is 5.39. The molecule has 0 aromatic carbocycles. The fraction of sp³-hybridized carbons (Fsp3) is 0.500. The van der Waals surface area contributed by atoms with Crippen LogP contribution in [-0.2, 0) is 17.9 Å². The zero-order valence-electron chi connectivity index (χ0n) is 16.4. The lowest BCUT2D eigenvalue weighted by molar-refractivity contribution is -0.106. The summed E-state index contributed by atoms with van der Waals surface area (Å²) in [6, 6.07) is 0. The highest BCUT2D eigenvalue weighted by molar-refractivity contribution is 7.09. The number of piperidine rings is 1. The summed E-state index contributed by atoms with van der Waals surface area (Å²) < 4.78 is 2.33. The lowest BCUT2D eigenvalue weighted by Crippen LogP contribution is -2.45. The number of anilines is 1. The fourth-order valence-corrected chi connectivity index (χ4v) is 3.88. The Hall–Kier alpha value is -2.79. The van der Waals surface area contributed by atoms with E-state index in [-0.39, 0.29) is 43.2 Å². The van der Waals surface area contributed by atoms with E-state index in [0.717, 1.165) is 36.9 Å². The van der Waals surface area contributed by atoms with Gasteiger partial charge in [-0.05, 0) is 32.9 Å². The minimum atomic E-state index is -0.604. The van der Waals surface area contributed by atoms with Gasteiger partial charge in [0.15, 0.2) is 5.78 Å². The Morgan fingerprint density at radius 3 is 2.45 bits per heavy atom. The number of nitrogens with zero attached hydrogens (tertiary/aromatic N) is 4. The molecule has 11 heteroatoms. The van der Waals surface area contributed by atoms with Crippen LogP contribution in [0.15, 0.2) is 21.2 Å². The van der Waals surface area contributed by atoms with Gasteiger partial charge in [-0.15, -0.1) is 11.3 Å². The standard InChI is InChI=1S/C17H23N5O3S.CH3NO/c1-2-21-16(24)14(12(23)10-20-7-4-3-5-8-20)15(18)22(17(21)25)11-13-19-6-9-26-13;2-1-3/h6,9H,2-5,7-8,10-11,18H2,1H3;1H,(H2,2,3). The zero-order chi connectivity index (χ0) is 21.4. The molecule has 29 heavy (non-hydrogen) atoms. The Kier molecular flexibility index (Phi) is 8.28. The first-order valence-electron chi connectivity index (χ1n) is 9.36. The smallest absolute Gasteiger partial charge is 0.332 e. The molecule has 1 saturated heterocycles. The normalized spacial score (nSPS) is 14.1. The van der Waals surface area contributed by atoms with E-state index in [9.17, 15) is 14.4 Å². The molecule has 0 radical (unpaired) electrons. The van der Waals surface area contributed by atoms with Gasteiger partial charge in [0.05, 0.1) is 13.1 Å². The first-order valence-corrected chi connectivity index (χ1v) is 10.2. The van der Waals surface area contributed by atoms with E-state index in [1.807, 2.05) is 4.90 Å². The number of rotatable bonds is 6. The lowest BCUT2D eigenvalue weighted by atomic mass is 10.1. The van der Waals surface area contributed by atoms with Crippen molar-refractivity contribution in [1.82, 2.24) is 19.0 Å². The molecule has 158 valence electrons. The minimum absolute atomic E-state index is 0.0677.